The lowest BCUT2D eigenvalue weighted by Crippen LogP contribution is -2.54. The zero-order valence-corrected chi connectivity index (χ0v) is 13.3. The predicted octanol–water partition coefficient (Wildman–Crippen LogP) is -2.15. The van der Waals surface area contributed by atoms with Gasteiger partial charge in [0, 0.05) is 6.08 Å². The second-order valence-corrected chi connectivity index (χ2v) is 6.01. The summed E-state index contributed by atoms with van der Waals surface area (Å²) in [7, 11) is 0. The van der Waals surface area contributed by atoms with E-state index in [0.29, 0.717) is 0 Å². The molecular weight excluding hydrogens is 368 g/mol. The minimum atomic E-state index is -2.58. The van der Waals surface area contributed by atoms with Gasteiger partial charge in [0.15, 0.2) is 17.6 Å². The maximum Gasteiger partial charge on any atom is 0.343 e. The van der Waals surface area contributed by atoms with Crippen LogP contribution in [-0.2, 0) is 19.1 Å². The Morgan fingerprint density at radius 2 is 2.11 bits per heavy atom. The van der Waals surface area contributed by atoms with Crippen LogP contribution in [0.5, 0.6) is 0 Å². The molecule has 0 bridgehead atoms. The van der Waals surface area contributed by atoms with E-state index >= 15 is 0 Å². The van der Waals surface area contributed by atoms with E-state index in [1.807, 2.05) is 0 Å². The molecule has 6 N–H and O–H groups in total. The minimum absolute atomic E-state index is 0.122. The Balaban J connectivity index is 1.72. The van der Waals surface area contributed by atoms with Crippen LogP contribution in [0.2, 0.25) is 0 Å². The summed E-state index contributed by atoms with van der Waals surface area (Å²) < 4.78 is 12.2. The highest BCUT2D eigenvalue weighted by Crippen LogP contribution is 2.44. The van der Waals surface area contributed by atoms with Crippen molar-refractivity contribution in [2.24, 2.45) is 0 Å². The van der Waals surface area contributed by atoms with Gasteiger partial charge in [-0.2, -0.15) is 0 Å². The van der Waals surface area contributed by atoms with Crippen LogP contribution in [0.4, 0.5) is 5.82 Å². The number of carboxylic acid groups (broad SMARTS) is 2. The molecule has 5 atom stereocenters. The summed E-state index contributed by atoms with van der Waals surface area (Å²) >= 11 is 0. The molecule has 2 aromatic heterocycles. The number of aromatic nitrogens is 4. The number of fused-ring (bicyclic) bond motifs is 2. The zero-order chi connectivity index (χ0) is 19.5. The van der Waals surface area contributed by atoms with Crippen molar-refractivity contribution in [3.8, 4) is 0 Å². The summed E-state index contributed by atoms with van der Waals surface area (Å²) in [6.07, 6.45) is -2.89. The molecule has 1 saturated heterocycles. The molecule has 0 spiro atoms. The van der Waals surface area contributed by atoms with Gasteiger partial charge in [0.25, 0.3) is 0 Å². The molecule has 1 fully saturated rings. The van der Waals surface area contributed by atoms with Gasteiger partial charge in [-0.1, -0.05) is 0 Å². The average Bonchev–Trinajstić information content (AvgIpc) is 3.28. The molecule has 0 saturated carbocycles. The number of carbonyl (C=O) groups is 2. The number of nitrogen functional groups attached to an aromatic ring is 1. The maximum atomic E-state index is 11.6. The third-order valence-corrected chi connectivity index (χ3v) is 4.45. The Hall–Kier alpha value is -3.29. The van der Waals surface area contributed by atoms with Gasteiger partial charge in [-0.05, 0) is 0 Å². The molecule has 13 heteroatoms. The Bertz CT molecular complexity index is 989. The fraction of sp³-hybridized carbons (Fsp3) is 0.357. The second-order valence-electron chi connectivity index (χ2n) is 6.01. The van der Waals surface area contributed by atoms with E-state index in [9.17, 15) is 24.9 Å². The number of nitrogens with two attached hydrogens (primary N) is 1. The van der Waals surface area contributed by atoms with Crippen molar-refractivity contribution in [3.05, 3.63) is 24.5 Å². The lowest BCUT2D eigenvalue weighted by molar-refractivity contribution is -0.190. The van der Waals surface area contributed by atoms with Crippen molar-refractivity contribution in [1.29, 1.82) is 0 Å². The standard InChI is InChI=1S/C14H13N5O8/c15-9-5-10(17-2-16-9)19(3-18-5)11-6(20)7-4(26-11)1-14(27-7,13(24)25)8(21)12(22)23/h1-3,6-8,11,20-21H,(H,22,23)(H,24,25)(H2,15,16,17)/t6-,7-,8+,11-,14+/m1/s1/i2+2. The van der Waals surface area contributed by atoms with Crippen LogP contribution in [0.25, 0.3) is 11.2 Å². The number of nitrogens with zero attached hydrogens (tertiary/aromatic N) is 4. The molecule has 0 aromatic carbocycles. The van der Waals surface area contributed by atoms with E-state index < -0.39 is 42.1 Å². The highest BCUT2D eigenvalue weighted by molar-refractivity contribution is 5.90. The van der Waals surface area contributed by atoms with Crippen molar-refractivity contribution in [3.63, 3.8) is 0 Å². The fourth-order valence-corrected chi connectivity index (χ4v) is 3.13. The van der Waals surface area contributed by atoms with Crippen LogP contribution >= 0.6 is 0 Å². The van der Waals surface area contributed by atoms with Gasteiger partial charge in [0.05, 0.1) is 0 Å². The Kier molecular flexibility index (Phi) is 3.56. The van der Waals surface area contributed by atoms with Gasteiger partial charge in [0.1, 0.15) is 36.1 Å². The minimum Gasteiger partial charge on any atom is -0.479 e. The molecule has 2 aliphatic heterocycles. The Labute approximate surface area is 149 Å². The number of hydrogen-bond acceptors (Lipinski definition) is 10. The average molecular weight is 381 g/mol. The van der Waals surface area contributed by atoms with Gasteiger partial charge >= 0.3 is 11.9 Å². The highest BCUT2D eigenvalue weighted by Gasteiger charge is 2.60. The molecule has 4 rings (SSSR count). The smallest absolute Gasteiger partial charge is 0.343 e. The van der Waals surface area contributed by atoms with Crippen molar-refractivity contribution in [1.82, 2.24) is 19.5 Å². The normalized spacial score (nSPS) is 30.6. The van der Waals surface area contributed by atoms with Crippen molar-refractivity contribution in [2.45, 2.75) is 30.1 Å². The van der Waals surface area contributed by atoms with Crippen LogP contribution in [0.1, 0.15) is 6.23 Å². The highest BCUT2D eigenvalue weighted by atomic mass is 16.6. The number of anilines is 1. The number of aliphatic carboxylic acids is 2. The molecule has 13 nitrogen and oxygen atoms in total. The third kappa shape index (κ3) is 2.26. The summed E-state index contributed by atoms with van der Waals surface area (Å²) in [5.41, 5.74) is 3.67. The van der Waals surface area contributed by atoms with Crippen LogP contribution in [0.3, 0.4) is 0 Å². The lowest BCUT2D eigenvalue weighted by Gasteiger charge is -2.28. The van der Waals surface area contributed by atoms with E-state index in [1.54, 1.807) is 0 Å². The zero-order valence-electron chi connectivity index (χ0n) is 13.3. The van der Waals surface area contributed by atoms with Crippen LogP contribution in [-0.4, -0.2) is 75.8 Å². The largest absolute Gasteiger partial charge is 0.479 e. The molecule has 0 amide bonds. The van der Waals surface area contributed by atoms with Crippen molar-refractivity contribution < 1.29 is 39.5 Å². The fourth-order valence-electron chi connectivity index (χ4n) is 3.13. The topological polar surface area (TPSA) is 203 Å². The molecule has 2 aliphatic rings. The van der Waals surface area contributed by atoms with Crippen LogP contribution in [0, 0.1) is 0 Å². The molecule has 4 heterocycles. The summed E-state index contributed by atoms with van der Waals surface area (Å²) in [6, 6.07) is 0. The van der Waals surface area contributed by atoms with Gasteiger partial charge in [-0.3, -0.25) is 4.57 Å². The first-order valence-corrected chi connectivity index (χ1v) is 7.59. The first-order chi connectivity index (χ1) is 12.8. The van der Waals surface area contributed by atoms with Crippen molar-refractivity contribution >= 4 is 28.9 Å². The number of imidazole rings is 1. The van der Waals surface area contributed by atoms with Crippen LogP contribution < -0.4 is 5.73 Å². The molecule has 2 aromatic rings. The maximum absolute atomic E-state index is 11.6. The first-order valence-electron chi connectivity index (χ1n) is 7.59. The van der Waals surface area contributed by atoms with E-state index in [2.05, 4.69) is 15.0 Å². The third-order valence-electron chi connectivity index (χ3n) is 4.45. The number of rotatable bonds is 4. The monoisotopic (exact) mass is 381 g/mol. The van der Waals surface area contributed by atoms with E-state index in [1.165, 1.54) is 17.2 Å². The molecule has 0 aliphatic carbocycles. The van der Waals surface area contributed by atoms with Gasteiger partial charge in [-0.15, -0.1) is 0 Å². The Morgan fingerprint density at radius 1 is 1.37 bits per heavy atom. The van der Waals surface area contributed by atoms with E-state index in [-0.39, 0.29) is 22.7 Å². The number of aliphatic hydroxyl groups excluding tert-OH is 2. The lowest BCUT2D eigenvalue weighted by atomic mass is 9.97. The van der Waals surface area contributed by atoms with E-state index in [4.69, 9.17) is 20.3 Å². The summed E-state index contributed by atoms with van der Waals surface area (Å²) in [6.45, 7) is 0. The number of ether oxygens (including phenoxy) is 2. The Morgan fingerprint density at radius 3 is 2.74 bits per heavy atom. The van der Waals surface area contributed by atoms with Gasteiger partial charge in [-0.25, -0.2) is 24.5 Å². The van der Waals surface area contributed by atoms with Crippen LogP contribution in [0.15, 0.2) is 24.5 Å². The quantitative estimate of drug-likeness (QED) is 0.384. The predicted molar refractivity (Wildman–Crippen MR) is 82.8 cm³/mol. The molecule has 0 unspecified atom stereocenters. The molecular formula is C14H13N5O8. The second kappa shape index (κ2) is 5.60. The molecule has 142 valence electrons. The summed E-state index contributed by atoms with van der Waals surface area (Å²) in [5, 5.41) is 38.7. The molecule has 27 heavy (non-hydrogen) atoms. The number of hydrogen-bond donors (Lipinski definition) is 5. The molecule has 0 radical (unpaired) electrons. The number of aliphatic hydroxyl groups is 2. The number of carboxylic acids is 2. The SMILES string of the molecule is Nc1n[14cH]nc2c1ncn2[C@@H]1OC2=C[C@@](C(=O)O)([C@@H](O)C(=O)O)O[C@H]2[C@H]1O. The summed E-state index contributed by atoms with van der Waals surface area (Å²) in [4.78, 5) is 34.5. The van der Waals surface area contributed by atoms with Gasteiger partial charge < -0.3 is 35.6 Å². The van der Waals surface area contributed by atoms with Crippen molar-refractivity contribution in [2.75, 3.05) is 5.73 Å². The van der Waals surface area contributed by atoms with E-state index in [0.717, 1.165) is 6.08 Å². The summed E-state index contributed by atoms with van der Waals surface area (Å²) in [5.74, 6) is -3.54. The first kappa shape index (κ1) is 17.1. The van der Waals surface area contributed by atoms with Gasteiger partial charge in [0.2, 0.25) is 11.8 Å².